The van der Waals surface area contributed by atoms with Crippen molar-refractivity contribution in [2.75, 3.05) is 32.7 Å². The van der Waals surface area contributed by atoms with Gasteiger partial charge in [0.25, 0.3) is 5.91 Å². The molecule has 1 fully saturated rings. The molecular formula is C28H30N6O3. The standard InChI is InChI=1S/C28H30N6O3/c1-18(35)29-10-4-12-34-13-8-28(9-14-34)17-31-27(36)20-16-22(32-25(20)28)21-7-11-30-26(33-21)24-15-19-5-2-3-6-23(19)37-24/h2-3,5-7,11,15-16,32H,4,8-10,12-14,17H2,1H3,(H,29,35)(H,31,36). The van der Waals surface area contributed by atoms with Crippen LogP contribution in [0, 0.1) is 0 Å². The van der Waals surface area contributed by atoms with E-state index < -0.39 is 0 Å². The number of nitrogens with zero attached hydrogens (tertiary/aromatic N) is 3. The average Bonchev–Trinajstić information content (AvgIpc) is 3.56. The first-order valence-electron chi connectivity index (χ1n) is 12.8. The first kappa shape index (κ1) is 23.4. The van der Waals surface area contributed by atoms with Crippen LogP contribution in [-0.4, -0.2) is 64.4 Å². The molecule has 4 aromatic rings. The van der Waals surface area contributed by atoms with Gasteiger partial charge in [-0.2, -0.15) is 0 Å². The second-order valence-corrected chi connectivity index (χ2v) is 10.0. The van der Waals surface area contributed by atoms with Gasteiger partial charge in [-0.25, -0.2) is 9.97 Å². The Morgan fingerprint density at radius 1 is 1.19 bits per heavy atom. The molecule has 190 valence electrons. The number of amides is 2. The Labute approximate surface area is 214 Å². The van der Waals surface area contributed by atoms with E-state index in [9.17, 15) is 9.59 Å². The van der Waals surface area contributed by atoms with E-state index in [4.69, 9.17) is 9.40 Å². The van der Waals surface area contributed by atoms with Crippen LogP contribution < -0.4 is 10.6 Å². The predicted molar refractivity (Wildman–Crippen MR) is 140 cm³/mol. The van der Waals surface area contributed by atoms with Gasteiger partial charge in [0.05, 0.1) is 17.0 Å². The number of aromatic amines is 1. The molecule has 2 aliphatic rings. The van der Waals surface area contributed by atoms with Crippen LogP contribution in [0.15, 0.2) is 53.1 Å². The molecule has 0 atom stereocenters. The third-order valence-electron chi connectivity index (χ3n) is 7.60. The number of hydrogen-bond donors (Lipinski definition) is 3. The van der Waals surface area contributed by atoms with Crippen LogP contribution in [0.3, 0.4) is 0 Å². The van der Waals surface area contributed by atoms with Gasteiger partial charge < -0.3 is 24.9 Å². The average molecular weight is 499 g/mol. The number of fused-ring (bicyclic) bond motifs is 3. The maximum atomic E-state index is 12.8. The van der Waals surface area contributed by atoms with E-state index >= 15 is 0 Å². The van der Waals surface area contributed by atoms with Crippen LogP contribution in [-0.2, 0) is 10.2 Å². The van der Waals surface area contributed by atoms with Gasteiger partial charge in [-0.3, -0.25) is 9.59 Å². The molecule has 0 saturated carbocycles. The summed E-state index contributed by atoms with van der Waals surface area (Å²) in [5.74, 6) is 1.08. The van der Waals surface area contributed by atoms with Crippen molar-refractivity contribution < 1.29 is 14.0 Å². The highest BCUT2D eigenvalue weighted by molar-refractivity contribution is 5.98. The minimum Gasteiger partial charge on any atom is -0.453 e. The lowest BCUT2D eigenvalue weighted by Gasteiger charge is -2.44. The Kier molecular flexibility index (Phi) is 6.00. The molecule has 9 nitrogen and oxygen atoms in total. The molecule has 3 N–H and O–H groups in total. The number of carbonyl (C=O) groups is 2. The molecule has 1 spiro atoms. The van der Waals surface area contributed by atoms with Crippen molar-refractivity contribution in [2.45, 2.75) is 31.6 Å². The third kappa shape index (κ3) is 4.51. The van der Waals surface area contributed by atoms with Crippen LogP contribution in [0.1, 0.15) is 42.2 Å². The number of nitrogens with one attached hydrogen (secondary N) is 3. The summed E-state index contributed by atoms with van der Waals surface area (Å²) in [5, 5.41) is 6.99. The Morgan fingerprint density at radius 2 is 2.03 bits per heavy atom. The summed E-state index contributed by atoms with van der Waals surface area (Å²) in [6.45, 7) is 5.74. The molecule has 2 amide bonds. The molecule has 0 aliphatic carbocycles. The monoisotopic (exact) mass is 498 g/mol. The number of piperidine rings is 1. The zero-order valence-corrected chi connectivity index (χ0v) is 20.8. The lowest BCUT2D eigenvalue weighted by Crippen LogP contribution is -2.53. The number of para-hydroxylation sites is 1. The van der Waals surface area contributed by atoms with Crippen molar-refractivity contribution in [1.29, 1.82) is 0 Å². The van der Waals surface area contributed by atoms with Gasteiger partial charge in [0, 0.05) is 42.7 Å². The highest BCUT2D eigenvalue weighted by atomic mass is 16.3. The molecule has 0 unspecified atom stereocenters. The topological polar surface area (TPSA) is 116 Å². The summed E-state index contributed by atoms with van der Waals surface area (Å²) in [6.07, 6.45) is 4.56. The maximum absolute atomic E-state index is 12.8. The Hall–Kier alpha value is -3.98. The second kappa shape index (κ2) is 9.48. The lowest BCUT2D eigenvalue weighted by molar-refractivity contribution is -0.118. The molecular weight excluding hydrogens is 468 g/mol. The van der Waals surface area contributed by atoms with E-state index in [1.807, 2.05) is 42.5 Å². The van der Waals surface area contributed by atoms with Gasteiger partial charge in [0.1, 0.15) is 5.58 Å². The summed E-state index contributed by atoms with van der Waals surface area (Å²) in [6, 6.07) is 13.5. The Balaban J connectivity index is 1.23. The normalized spacial score (nSPS) is 17.1. The maximum Gasteiger partial charge on any atom is 0.253 e. The fourth-order valence-corrected chi connectivity index (χ4v) is 5.54. The molecule has 9 heteroatoms. The number of carbonyl (C=O) groups excluding carboxylic acids is 2. The van der Waals surface area contributed by atoms with Crippen molar-refractivity contribution >= 4 is 22.8 Å². The zero-order valence-electron chi connectivity index (χ0n) is 20.8. The predicted octanol–water partition coefficient (Wildman–Crippen LogP) is 3.49. The summed E-state index contributed by atoms with van der Waals surface area (Å²) >= 11 is 0. The van der Waals surface area contributed by atoms with E-state index in [2.05, 4.69) is 25.5 Å². The number of furan rings is 1. The fraction of sp³-hybridized carbons (Fsp3) is 0.357. The van der Waals surface area contributed by atoms with Crippen LogP contribution in [0.4, 0.5) is 0 Å². The van der Waals surface area contributed by atoms with Gasteiger partial charge in [0.15, 0.2) is 11.6 Å². The van der Waals surface area contributed by atoms with E-state index in [0.29, 0.717) is 30.2 Å². The molecule has 1 saturated heterocycles. The SMILES string of the molecule is CC(=O)NCCCN1CCC2(CC1)CNC(=O)c1cc(-c3ccnc(-c4cc5ccccc5o4)n3)[nH]c12. The number of rotatable bonds is 6. The van der Waals surface area contributed by atoms with Crippen LogP contribution in [0.2, 0.25) is 0 Å². The Morgan fingerprint density at radius 3 is 2.84 bits per heavy atom. The smallest absolute Gasteiger partial charge is 0.253 e. The number of likely N-dealkylation sites (tertiary alicyclic amines) is 1. The minimum atomic E-state index is -0.121. The molecule has 3 aromatic heterocycles. The summed E-state index contributed by atoms with van der Waals surface area (Å²) < 4.78 is 5.97. The van der Waals surface area contributed by atoms with E-state index in [1.54, 1.807) is 13.1 Å². The molecule has 2 aliphatic heterocycles. The molecule has 6 rings (SSSR count). The van der Waals surface area contributed by atoms with E-state index in [1.165, 1.54) is 0 Å². The van der Waals surface area contributed by atoms with Gasteiger partial charge >= 0.3 is 0 Å². The number of aromatic nitrogens is 3. The molecule has 0 radical (unpaired) electrons. The lowest BCUT2D eigenvalue weighted by atomic mass is 9.72. The number of hydrogen-bond acceptors (Lipinski definition) is 6. The van der Waals surface area contributed by atoms with Crippen LogP contribution in [0.5, 0.6) is 0 Å². The molecule has 1 aromatic carbocycles. The van der Waals surface area contributed by atoms with Gasteiger partial charge in [-0.1, -0.05) is 18.2 Å². The van der Waals surface area contributed by atoms with Crippen LogP contribution in [0.25, 0.3) is 33.9 Å². The van der Waals surface area contributed by atoms with Gasteiger partial charge in [-0.05, 0) is 63.2 Å². The number of H-pyrrole nitrogens is 1. The van der Waals surface area contributed by atoms with Crippen molar-refractivity contribution in [3.05, 3.63) is 59.9 Å². The molecule has 0 bridgehead atoms. The first-order valence-corrected chi connectivity index (χ1v) is 12.8. The van der Waals surface area contributed by atoms with Crippen molar-refractivity contribution in [3.8, 4) is 23.0 Å². The molecule has 37 heavy (non-hydrogen) atoms. The minimum absolute atomic E-state index is 0.0130. The second-order valence-electron chi connectivity index (χ2n) is 10.0. The summed E-state index contributed by atoms with van der Waals surface area (Å²) in [5.41, 5.74) is 3.90. The Bertz CT molecular complexity index is 1430. The van der Waals surface area contributed by atoms with Crippen LogP contribution >= 0.6 is 0 Å². The zero-order chi connectivity index (χ0) is 25.4. The van der Waals surface area contributed by atoms with Crippen molar-refractivity contribution in [3.63, 3.8) is 0 Å². The third-order valence-corrected chi connectivity index (χ3v) is 7.60. The first-order chi connectivity index (χ1) is 18.0. The fourth-order valence-electron chi connectivity index (χ4n) is 5.54. The van der Waals surface area contributed by atoms with Crippen molar-refractivity contribution in [2.24, 2.45) is 0 Å². The highest BCUT2D eigenvalue weighted by Gasteiger charge is 2.43. The largest absolute Gasteiger partial charge is 0.453 e. The highest BCUT2D eigenvalue weighted by Crippen LogP contribution is 2.40. The van der Waals surface area contributed by atoms with Gasteiger partial charge in [-0.15, -0.1) is 0 Å². The van der Waals surface area contributed by atoms with E-state index in [0.717, 1.165) is 66.9 Å². The number of benzene rings is 1. The van der Waals surface area contributed by atoms with Gasteiger partial charge in [0.2, 0.25) is 5.91 Å². The summed E-state index contributed by atoms with van der Waals surface area (Å²) in [4.78, 5) is 39.1. The van der Waals surface area contributed by atoms with E-state index in [-0.39, 0.29) is 17.2 Å². The quantitative estimate of drug-likeness (QED) is 0.351. The summed E-state index contributed by atoms with van der Waals surface area (Å²) in [7, 11) is 0. The van der Waals surface area contributed by atoms with Crippen molar-refractivity contribution in [1.82, 2.24) is 30.5 Å². The molecule has 5 heterocycles.